The van der Waals surface area contributed by atoms with E-state index in [1.807, 2.05) is 63.3 Å². The Morgan fingerprint density at radius 1 is 1.09 bits per heavy atom. The maximum absolute atomic E-state index is 6.23. The molecule has 0 aliphatic rings. The van der Waals surface area contributed by atoms with E-state index in [4.69, 9.17) is 28.2 Å². The van der Waals surface area contributed by atoms with Crippen LogP contribution in [-0.2, 0) is 6.54 Å². The zero-order valence-corrected chi connectivity index (χ0v) is 23.7. The lowest BCUT2D eigenvalue weighted by Crippen LogP contribution is -2.06. The van der Waals surface area contributed by atoms with Crippen LogP contribution in [0, 0.1) is 0 Å². The molecule has 1 aromatic carbocycles. The molecule has 0 fully saturated rings. The van der Waals surface area contributed by atoms with Crippen LogP contribution >= 0.6 is 50.9 Å². The number of aromatic nitrogens is 3. The zero-order valence-electron chi connectivity index (χ0n) is 19.8. The first kappa shape index (κ1) is 28.8. The highest BCUT2D eigenvalue weighted by Gasteiger charge is 2.21. The third-order valence-corrected chi connectivity index (χ3v) is 5.95. The first-order valence-electron chi connectivity index (χ1n) is 10.5. The van der Waals surface area contributed by atoms with Crippen molar-refractivity contribution in [1.29, 1.82) is 0 Å². The molecule has 2 heterocycles. The van der Waals surface area contributed by atoms with Crippen molar-refractivity contribution in [3.05, 3.63) is 75.9 Å². The van der Waals surface area contributed by atoms with Crippen LogP contribution in [0.1, 0.15) is 64.5 Å². The van der Waals surface area contributed by atoms with Crippen LogP contribution in [0.2, 0.25) is 10.0 Å². The van der Waals surface area contributed by atoms with Crippen molar-refractivity contribution in [2.45, 2.75) is 63.9 Å². The molecule has 32 heavy (non-hydrogen) atoms. The first-order valence-corrected chi connectivity index (χ1v) is 13.7. The average molecular weight is 557 g/mol. The average Bonchev–Trinajstić information content (AvgIpc) is 3.14. The number of hydrogen-bond donors (Lipinski definition) is 0. The monoisotopic (exact) mass is 555 g/mol. The molecule has 3 rings (SSSR count). The van der Waals surface area contributed by atoms with Crippen LogP contribution in [0.15, 0.2) is 58.7 Å². The molecule has 7 heteroatoms. The summed E-state index contributed by atoms with van der Waals surface area (Å²) >= 11 is 17.1. The number of pyridine rings is 1. The molecule has 0 radical (unpaired) electrons. The van der Waals surface area contributed by atoms with Crippen LogP contribution in [-0.4, -0.2) is 20.4 Å². The van der Waals surface area contributed by atoms with Gasteiger partial charge in [-0.1, -0.05) is 84.7 Å². The van der Waals surface area contributed by atoms with Crippen molar-refractivity contribution < 1.29 is 0 Å². The predicted octanol–water partition coefficient (Wildman–Crippen LogP) is 9.37. The van der Waals surface area contributed by atoms with Crippen molar-refractivity contribution in [2.75, 3.05) is 5.83 Å². The smallest absolute Gasteiger partial charge is 0.136 e. The van der Waals surface area contributed by atoms with Gasteiger partial charge in [-0.3, -0.25) is 4.98 Å². The molecule has 0 spiro atoms. The molecule has 174 valence electrons. The van der Waals surface area contributed by atoms with Crippen LogP contribution in [0.25, 0.3) is 5.57 Å². The van der Waals surface area contributed by atoms with Gasteiger partial charge in [0.2, 0.25) is 0 Å². The van der Waals surface area contributed by atoms with E-state index in [-0.39, 0.29) is 0 Å². The van der Waals surface area contributed by atoms with Gasteiger partial charge in [-0.15, -0.1) is 0 Å². The molecule has 0 aliphatic heterocycles. The molecule has 0 amide bonds. The highest BCUT2D eigenvalue weighted by molar-refractivity contribution is 9.08. The maximum atomic E-state index is 6.23. The minimum atomic E-state index is 0.291. The molecule has 0 bridgehead atoms. The standard InChI is InChI=1S/C22H23Cl2N3S.C2H6.CH3Br/c1-5-15(4)21-26-20(14(2)3)22(27(21)13-16-6-8-25-9-7-16)28-19-11-17(23)10-18(24)12-19;2*1-2/h5-12,14H,13H2,1-4H3;1-2H3;1H3. The lowest BCUT2D eigenvalue weighted by atomic mass is 10.1. The van der Waals surface area contributed by atoms with Gasteiger partial charge in [0.25, 0.3) is 0 Å². The van der Waals surface area contributed by atoms with Gasteiger partial charge in [0.1, 0.15) is 10.9 Å². The largest absolute Gasteiger partial charge is 0.314 e. The van der Waals surface area contributed by atoms with Crippen LogP contribution in [0.4, 0.5) is 0 Å². The molecule has 0 N–H and O–H groups in total. The van der Waals surface area contributed by atoms with Gasteiger partial charge >= 0.3 is 0 Å². The van der Waals surface area contributed by atoms with E-state index in [1.54, 1.807) is 17.8 Å². The lowest BCUT2D eigenvalue weighted by molar-refractivity contribution is 0.700. The lowest BCUT2D eigenvalue weighted by Gasteiger charge is -2.14. The van der Waals surface area contributed by atoms with Crippen LogP contribution < -0.4 is 0 Å². The van der Waals surface area contributed by atoms with Gasteiger partial charge in [-0.2, -0.15) is 0 Å². The summed E-state index contributed by atoms with van der Waals surface area (Å²) in [5.74, 6) is 3.09. The molecular formula is C25H32BrCl2N3S. The van der Waals surface area contributed by atoms with Crippen molar-refractivity contribution in [2.24, 2.45) is 0 Å². The Hall–Kier alpha value is -1.27. The third-order valence-electron chi connectivity index (χ3n) is 4.42. The second-order valence-corrected chi connectivity index (χ2v) is 8.84. The number of rotatable bonds is 6. The topological polar surface area (TPSA) is 30.7 Å². The van der Waals surface area contributed by atoms with Crippen LogP contribution in [0.5, 0.6) is 0 Å². The number of benzene rings is 1. The quantitative estimate of drug-likeness (QED) is 0.283. The fraction of sp³-hybridized carbons (Fsp3) is 0.360. The van der Waals surface area contributed by atoms with E-state index in [0.29, 0.717) is 16.0 Å². The number of nitrogens with zero attached hydrogens (tertiary/aromatic N) is 3. The van der Waals surface area contributed by atoms with Crippen LogP contribution in [0.3, 0.4) is 0 Å². The summed E-state index contributed by atoms with van der Waals surface area (Å²) in [5.41, 5.74) is 3.40. The fourth-order valence-corrected chi connectivity index (χ4v) is 4.78. The summed E-state index contributed by atoms with van der Waals surface area (Å²) < 4.78 is 2.28. The molecule has 0 saturated carbocycles. The van der Waals surface area contributed by atoms with E-state index < -0.39 is 0 Å². The minimum Gasteiger partial charge on any atom is -0.314 e. The summed E-state index contributed by atoms with van der Waals surface area (Å²) in [6.07, 6.45) is 5.74. The Labute approximate surface area is 215 Å². The van der Waals surface area contributed by atoms with Gasteiger partial charge in [-0.25, -0.2) is 4.98 Å². The number of hydrogen-bond acceptors (Lipinski definition) is 3. The summed E-state index contributed by atoms with van der Waals surface area (Å²) in [6.45, 7) is 13.2. The van der Waals surface area contributed by atoms with Crippen molar-refractivity contribution in [3.63, 3.8) is 0 Å². The zero-order chi connectivity index (χ0) is 24.3. The minimum absolute atomic E-state index is 0.291. The SMILES string of the molecule is CBr.CC.CC=C(C)c1nc(C(C)C)c(Sc2cc(Cl)cc(Cl)c2)n1Cc1ccncc1. The summed E-state index contributed by atoms with van der Waals surface area (Å²) in [7, 11) is 0. The molecular weight excluding hydrogens is 525 g/mol. The number of imidazole rings is 1. The molecule has 2 aromatic heterocycles. The molecule has 3 nitrogen and oxygen atoms in total. The Kier molecular flexibility index (Phi) is 13.3. The molecule has 0 unspecified atom stereocenters. The van der Waals surface area contributed by atoms with E-state index in [1.165, 1.54) is 5.56 Å². The second kappa shape index (κ2) is 14.8. The Morgan fingerprint density at radius 2 is 1.66 bits per heavy atom. The predicted molar refractivity (Wildman–Crippen MR) is 146 cm³/mol. The highest BCUT2D eigenvalue weighted by atomic mass is 79.9. The summed E-state index contributed by atoms with van der Waals surface area (Å²) in [5, 5.41) is 2.37. The van der Waals surface area contributed by atoms with Gasteiger partial charge in [-0.05, 0) is 67.1 Å². The Morgan fingerprint density at radius 3 is 2.16 bits per heavy atom. The Bertz CT molecular complexity index is 982. The van der Waals surface area contributed by atoms with Gasteiger partial charge in [0.05, 0.1) is 12.2 Å². The first-order chi connectivity index (χ1) is 15.4. The van der Waals surface area contributed by atoms with Crippen molar-refractivity contribution >= 4 is 56.5 Å². The number of alkyl halides is 1. The van der Waals surface area contributed by atoms with E-state index >= 15 is 0 Å². The van der Waals surface area contributed by atoms with Crippen molar-refractivity contribution in [1.82, 2.24) is 14.5 Å². The molecule has 0 aliphatic carbocycles. The summed E-state index contributed by atoms with van der Waals surface area (Å²) in [4.78, 5) is 10.1. The molecule has 0 atom stereocenters. The maximum Gasteiger partial charge on any atom is 0.136 e. The number of halogens is 3. The molecule has 0 saturated heterocycles. The number of allylic oxidation sites excluding steroid dienone is 2. The highest BCUT2D eigenvalue weighted by Crippen LogP contribution is 2.38. The Balaban J connectivity index is 0.00000121. The van der Waals surface area contributed by atoms with Gasteiger partial charge < -0.3 is 4.57 Å². The molecule has 3 aromatic rings. The van der Waals surface area contributed by atoms with E-state index in [2.05, 4.69) is 52.3 Å². The van der Waals surface area contributed by atoms with E-state index in [9.17, 15) is 0 Å². The second-order valence-electron chi connectivity index (χ2n) is 6.90. The third kappa shape index (κ3) is 7.95. The summed E-state index contributed by atoms with van der Waals surface area (Å²) in [6, 6.07) is 9.70. The normalized spacial score (nSPS) is 10.9. The van der Waals surface area contributed by atoms with Gasteiger partial charge in [0.15, 0.2) is 0 Å². The van der Waals surface area contributed by atoms with E-state index in [0.717, 1.165) is 33.6 Å². The van der Waals surface area contributed by atoms with Crippen molar-refractivity contribution in [3.8, 4) is 0 Å². The van der Waals surface area contributed by atoms with Gasteiger partial charge in [0, 0.05) is 27.3 Å². The fourth-order valence-electron chi connectivity index (χ4n) is 2.89.